The van der Waals surface area contributed by atoms with Gasteiger partial charge in [0.15, 0.2) is 18.1 Å². The minimum absolute atomic E-state index is 0.00544. The first-order valence-electron chi connectivity index (χ1n) is 9.26. The molecule has 27 heavy (non-hydrogen) atoms. The van der Waals surface area contributed by atoms with Crippen LogP contribution in [-0.2, 0) is 4.79 Å². The maximum Gasteiger partial charge on any atom is 0.261 e. The molecule has 2 aromatic carbocycles. The number of carbonyl (C=O) groups is 1. The van der Waals surface area contributed by atoms with Crippen LogP contribution in [-0.4, -0.2) is 35.5 Å². The van der Waals surface area contributed by atoms with E-state index < -0.39 is 0 Å². The number of carbonyl (C=O) groups excluding carboxylic acids is 1. The molecule has 1 unspecified atom stereocenters. The van der Waals surface area contributed by atoms with E-state index in [-0.39, 0.29) is 18.6 Å². The number of nitrogens with zero attached hydrogens (tertiary/aromatic N) is 2. The summed E-state index contributed by atoms with van der Waals surface area (Å²) in [4.78, 5) is 19.5. The van der Waals surface area contributed by atoms with Gasteiger partial charge in [-0.2, -0.15) is 0 Å². The Morgan fingerprint density at radius 1 is 1.15 bits per heavy atom. The SMILES string of the molecule is CCOc1ccccc1OCC(=O)N1CCCC1c1nc2ccccc2s1. The van der Waals surface area contributed by atoms with Crippen molar-refractivity contribution in [3.63, 3.8) is 0 Å². The zero-order chi connectivity index (χ0) is 18.6. The summed E-state index contributed by atoms with van der Waals surface area (Å²) in [5, 5.41) is 1.01. The van der Waals surface area contributed by atoms with Crippen LogP contribution >= 0.6 is 11.3 Å². The Bertz CT molecular complexity index is 907. The summed E-state index contributed by atoms with van der Waals surface area (Å²) in [5.41, 5.74) is 0.999. The molecule has 0 N–H and O–H groups in total. The average Bonchev–Trinajstić information content (AvgIpc) is 3.34. The van der Waals surface area contributed by atoms with Crippen molar-refractivity contribution in [1.29, 1.82) is 0 Å². The Labute approximate surface area is 162 Å². The molecule has 2 heterocycles. The van der Waals surface area contributed by atoms with Crippen LogP contribution in [0.3, 0.4) is 0 Å². The lowest BCUT2D eigenvalue weighted by Crippen LogP contribution is -2.34. The first kappa shape index (κ1) is 17.8. The lowest BCUT2D eigenvalue weighted by atomic mass is 10.2. The number of benzene rings is 2. The first-order chi connectivity index (χ1) is 13.3. The third kappa shape index (κ3) is 3.76. The summed E-state index contributed by atoms with van der Waals surface area (Å²) in [5.74, 6) is 1.25. The summed E-state index contributed by atoms with van der Waals surface area (Å²) < 4.78 is 12.5. The van der Waals surface area contributed by atoms with Gasteiger partial charge in [-0.3, -0.25) is 4.79 Å². The van der Waals surface area contributed by atoms with Crippen molar-refractivity contribution in [2.45, 2.75) is 25.8 Å². The highest BCUT2D eigenvalue weighted by Crippen LogP contribution is 2.36. The van der Waals surface area contributed by atoms with Crippen LogP contribution in [0, 0.1) is 0 Å². The number of thiazole rings is 1. The van der Waals surface area contributed by atoms with Gasteiger partial charge >= 0.3 is 0 Å². The molecule has 1 amide bonds. The molecule has 1 aliphatic heterocycles. The Morgan fingerprint density at radius 2 is 1.89 bits per heavy atom. The molecule has 4 rings (SSSR count). The van der Waals surface area contributed by atoms with Crippen molar-refractivity contribution in [1.82, 2.24) is 9.88 Å². The molecular formula is C21H22N2O3S. The monoisotopic (exact) mass is 382 g/mol. The molecular weight excluding hydrogens is 360 g/mol. The zero-order valence-electron chi connectivity index (χ0n) is 15.3. The summed E-state index contributed by atoms with van der Waals surface area (Å²) in [7, 11) is 0. The highest BCUT2D eigenvalue weighted by molar-refractivity contribution is 7.18. The van der Waals surface area contributed by atoms with E-state index in [0.29, 0.717) is 18.1 Å². The molecule has 0 saturated carbocycles. The number of hydrogen-bond donors (Lipinski definition) is 0. The fraction of sp³-hybridized carbons (Fsp3) is 0.333. The molecule has 140 valence electrons. The van der Waals surface area contributed by atoms with Gasteiger partial charge in [0.1, 0.15) is 5.01 Å². The maximum absolute atomic E-state index is 12.8. The second-order valence-electron chi connectivity index (χ2n) is 6.43. The number of amides is 1. The Balaban J connectivity index is 1.46. The molecule has 1 aliphatic rings. The number of hydrogen-bond acceptors (Lipinski definition) is 5. The number of ether oxygens (including phenoxy) is 2. The van der Waals surface area contributed by atoms with Crippen molar-refractivity contribution in [2.75, 3.05) is 19.8 Å². The van der Waals surface area contributed by atoms with Crippen molar-refractivity contribution in [3.05, 3.63) is 53.5 Å². The van der Waals surface area contributed by atoms with Gasteiger partial charge in [0, 0.05) is 6.54 Å². The van der Waals surface area contributed by atoms with Crippen molar-refractivity contribution in [3.8, 4) is 11.5 Å². The lowest BCUT2D eigenvalue weighted by molar-refractivity contribution is -0.134. The third-order valence-electron chi connectivity index (χ3n) is 4.67. The van der Waals surface area contributed by atoms with E-state index in [1.807, 2.05) is 54.3 Å². The molecule has 1 fully saturated rings. The van der Waals surface area contributed by atoms with E-state index in [4.69, 9.17) is 14.5 Å². The number of fused-ring (bicyclic) bond motifs is 1. The van der Waals surface area contributed by atoms with Gasteiger partial charge in [-0.15, -0.1) is 11.3 Å². The van der Waals surface area contributed by atoms with E-state index in [2.05, 4.69) is 6.07 Å². The van der Waals surface area contributed by atoms with Crippen LogP contribution in [0.25, 0.3) is 10.2 Å². The van der Waals surface area contributed by atoms with Gasteiger partial charge in [-0.1, -0.05) is 24.3 Å². The van der Waals surface area contributed by atoms with Crippen molar-refractivity contribution < 1.29 is 14.3 Å². The molecule has 1 atom stereocenters. The molecule has 3 aromatic rings. The Hall–Kier alpha value is -2.60. The van der Waals surface area contributed by atoms with Crippen LogP contribution in [0.15, 0.2) is 48.5 Å². The highest BCUT2D eigenvalue weighted by Gasteiger charge is 2.32. The van der Waals surface area contributed by atoms with Gasteiger partial charge in [0.25, 0.3) is 5.91 Å². The number of likely N-dealkylation sites (tertiary alicyclic amines) is 1. The average molecular weight is 382 g/mol. The fourth-order valence-corrected chi connectivity index (χ4v) is 4.54. The summed E-state index contributed by atoms with van der Waals surface area (Å²) in [6.07, 6.45) is 1.93. The molecule has 6 heteroatoms. The van der Waals surface area contributed by atoms with Crippen LogP contribution in [0.4, 0.5) is 0 Å². The molecule has 0 spiro atoms. The molecule has 0 bridgehead atoms. The summed E-state index contributed by atoms with van der Waals surface area (Å²) in [6.45, 7) is 3.23. The quantitative estimate of drug-likeness (QED) is 0.633. The lowest BCUT2D eigenvalue weighted by Gasteiger charge is -2.23. The third-order valence-corrected chi connectivity index (χ3v) is 5.81. The van der Waals surface area contributed by atoms with E-state index in [0.717, 1.165) is 34.6 Å². The zero-order valence-corrected chi connectivity index (χ0v) is 16.1. The molecule has 0 radical (unpaired) electrons. The van der Waals surface area contributed by atoms with Gasteiger partial charge in [-0.05, 0) is 44.0 Å². The summed E-state index contributed by atoms with van der Waals surface area (Å²) in [6, 6.07) is 15.6. The smallest absolute Gasteiger partial charge is 0.261 e. The highest BCUT2D eigenvalue weighted by atomic mass is 32.1. The predicted molar refractivity (Wildman–Crippen MR) is 106 cm³/mol. The first-order valence-corrected chi connectivity index (χ1v) is 10.1. The van der Waals surface area contributed by atoms with Gasteiger partial charge in [-0.25, -0.2) is 4.98 Å². The van der Waals surface area contributed by atoms with Crippen molar-refractivity contribution >= 4 is 27.5 Å². The van der Waals surface area contributed by atoms with Gasteiger partial charge in [0.2, 0.25) is 0 Å². The number of para-hydroxylation sites is 3. The standard InChI is InChI=1S/C21H22N2O3S/c1-2-25-17-10-4-5-11-18(17)26-14-20(24)23-13-7-9-16(23)21-22-15-8-3-6-12-19(15)27-21/h3-6,8,10-12,16H,2,7,9,13-14H2,1H3. The van der Waals surface area contributed by atoms with Gasteiger partial charge < -0.3 is 14.4 Å². The Kier molecular flexibility index (Phi) is 5.25. The van der Waals surface area contributed by atoms with E-state index >= 15 is 0 Å². The minimum Gasteiger partial charge on any atom is -0.490 e. The number of rotatable bonds is 6. The molecule has 1 aromatic heterocycles. The fourth-order valence-electron chi connectivity index (χ4n) is 3.42. The number of aromatic nitrogens is 1. The second-order valence-corrected chi connectivity index (χ2v) is 7.50. The second kappa shape index (κ2) is 7.96. The van der Waals surface area contributed by atoms with Crippen LogP contribution in [0.5, 0.6) is 11.5 Å². The molecule has 5 nitrogen and oxygen atoms in total. The molecule has 0 aliphatic carbocycles. The predicted octanol–water partition coefficient (Wildman–Crippen LogP) is 4.44. The van der Waals surface area contributed by atoms with E-state index in [1.165, 1.54) is 0 Å². The van der Waals surface area contributed by atoms with Gasteiger partial charge in [0.05, 0.1) is 22.9 Å². The van der Waals surface area contributed by atoms with E-state index in [1.54, 1.807) is 11.3 Å². The normalized spacial score (nSPS) is 16.6. The minimum atomic E-state index is -0.0111. The van der Waals surface area contributed by atoms with E-state index in [9.17, 15) is 4.79 Å². The maximum atomic E-state index is 12.8. The Morgan fingerprint density at radius 3 is 2.67 bits per heavy atom. The largest absolute Gasteiger partial charge is 0.490 e. The van der Waals surface area contributed by atoms with Crippen molar-refractivity contribution in [2.24, 2.45) is 0 Å². The molecule has 1 saturated heterocycles. The summed E-state index contributed by atoms with van der Waals surface area (Å²) >= 11 is 1.67. The topological polar surface area (TPSA) is 51.7 Å². The van der Waals surface area contributed by atoms with Crippen LogP contribution in [0.2, 0.25) is 0 Å². The van der Waals surface area contributed by atoms with Crippen LogP contribution < -0.4 is 9.47 Å². The van der Waals surface area contributed by atoms with Crippen LogP contribution in [0.1, 0.15) is 30.8 Å².